The van der Waals surface area contributed by atoms with Crippen LogP contribution in [0.2, 0.25) is 0 Å². The summed E-state index contributed by atoms with van der Waals surface area (Å²) in [5, 5.41) is 7.37. The van der Waals surface area contributed by atoms with Crippen molar-refractivity contribution in [3.63, 3.8) is 0 Å². The zero-order chi connectivity index (χ0) is 27.7. The molecule has 2 saturated heterocycles. The van der Waals surface area contributed by atoms with E-state index in [1.807, 2.05) is 23.4 Å². The molecule has 214 valence electrons. The minimum Gasteiger partial charge on any atom is -0.383 e. The molecule has 0 bridgehead atoms. The number of ether oxygens (including phenoxy) is 1. The fourth-order valence-electron chi connectivity index (χ4n) is 5.62. The Kier molecular flexibility index (Phi) is 10.6. The number of hydrogen-bond acceptors (Lipinski definition) is 7. The summed E-state index contributed by atoms with van der Waals surface area (Å²) in [5.74, 6) is 0.258. The smallest absolute Gasteiger partial charge is 0.222 e. The number of anilines is 2. The third kappa shape index (κ3) is 8.64. The molecule has 0 unspecified atom stereocenters. The molecule has 4 heterocycles. The summed E-state index contributed by atoms with van der Waals surface area (Å²) in [6, 6.07) is 9.29. The van der Waals surface area contributed by atoms with Crippen molar-refractivity contribution in [1.82, 2.24) is 19.8 Å². The first-order valence-corrected chi connectivity index (χ1v) is 14.8. The minimum atomic E-state index is -0.172. The number of aromatic nitrogens is 2. The van der Waals surface area contributed by atoms with Crippen LogP contribution < -0.4 is 10.6 Å². The van der Waals surface area contributed by atoms with Crippen molar-refractivity contribution in [2.45, 2.75) is 83.2 Å². The number of rotatable bonds is 12. The Morgan fingerprint density at radius 2 is 1.59 bits per heavy atom. The highest BCUT2D eigenvalue weighted by Gasteiger charge is 2.28. The van der Waals surface area contributed by atoms with Crippen molar-refractivity contribution in [2.75, 3.05) is 57.1 Å². The van der Waals surface area contributed by atoms with Crippen molar-refractivity contribution in [3.05, 3.63) is 48.0 Å². The summed E-state index contributed by atoms with van der Waals surface area (Å²) in [6.45, 7) is 12.2. The minimum absolute atomic E-state index is 0.172. The molecule has 39 heavy (non-hydrogen) atoms. The second kappa shape index (κ2) is 14.1. The Labute approximate surface area is 234 Å². The van der Waals surface area contributed by atoms with Gasteiger partial charge in [-0.05, 0) is 62.8 Å². The molecular formula is C31H48N6O2. The topological polar surface area (TPSA) is 82.6 Å². The summed E-state index contributed by atoms with van der Waals surface area (Å²) in [5.41, 5.74) is 4.24. The predicted molar refractivity (Wildman–Crippen MR) is 158 cm³/mol. The fraction of sp³-hybridized carbons (Fsp3) is 0.645. The zero-order valence-electron chi connectivity index (χ0n) is 24.4. The van der Waals surface area contributed by atoms with E-state index < -0.39 is 0 Å². The fourth-order valence-corrected chi connectivity index (χ4v) is 5.62. The number of carbonyl (C=O) groups is 1. The van der Waals surface area contributed by atoms with Crippen molar-refractivity contribution < 1.29 is 9.53 Å². The first-order valence-electron chi connectivity index (χ1n) is 14.8. The SMILES string of the molecule is CCc1cc(NC2CCN(C(=O)CCC(C)(C)c3cc(NC4CCN(CCOC)CC4)ccn3)CC2)ccn1. The van der Waals surface area contributed by atoms with Crippen molar-refractivity contribution in [1.29, 1.82) is 0 Å². The number of pyridine rings is 2. The Balaban J connectivity index is 1.22. The summed E-state index contributed by atoms with van der Waals surface area (Å²) < 4.78 is 5.22. The lowest BCUT2D eigenvalue weighted by atomic mass is 9.83. The molecule has 4 rings (SSSR count). The molecule has 2 aliphatic heterocycles. The van der Waals surface area contributed by atoms with Crippen LogP contribution in [0, 0.1) is 0 Å². The van der Waals surface area contributed by atoms with E-state index in [1.165, 1.54) is 0 Å². The molecule has 0 saturated carbocycles. The predicted octanol–water partition coefficient (Wildman–Crippen LogP) is 4.72. The maximum absolute atomic E-state index is 13.1. The standard InChI is InChI=1S/C31H48N6O2/c1-5-24-22-27(7-14-32-24)34-26-11-18-37(19-12-26)30(38)6-13-31(2,3)29-23-28(8-15-33-29)35-25-9-16-36(17-10-25)20-21-39-4/h7-8,14-15,22-23,25-26H,5-6,9-13,16-21H2,1-4H3,(H,32,34)(H,33,35). The number of aryl methyl sites for hydroxylation is 1. The average Bonchev–Trinajstić information content (AvgIpc) is 2.96. The Morgan fingerprint density at radius 1 is 0.974 bits per heavy atom. The maximum Gasteiger partial charge on any atom is 0.222 e. The highest BCUT2D eigenvalue weighted by atomic mass is 16.5. The van der Waals surface area contributed by atoms with Crippen LogP contribution in [0.3, 0.4) is 0 Å². The largest absolute Gasteiger partial charge is 0.383 e. The van der Waals surface area contributed by atoms with Crippen LogP contribution in [0.1, 0.15) is 70.7 Å². The van der Waals surface area contributed by atoms with E-state index in [9.17, 15) is 4.79 Å². The molecule has 2 aromatic rings. The summed E-state index contributed by atoms with van der Waals surface area (Å²) >= 11 is 0. The molecule has 1 amide bonds. The van der Waals surface area contributed by atoms with Crippen LogP contribution in [-0.2, 0) is 21.4 Å². The van der Waals surface area contributed by atoms with Gasteiger partial charge >= 0.3 is 0 Å². The van der Waals surface area contributed by atoms with Gasteiger partial charge in [-0.3, -0.25) is 14.8 Å². The molecule has 0 aromatic carbocycles. The highest BCUT2D eigenvalue weighted by molar-refractivity contribution is 5.76. The van der Waals surface area contributed by atoms with Crippen LogP contribution in [0.25, 0.3) is 0 Å². The number of piperidine rings is 2. The van der Waals surface area contributed by atoms with Gasteiger partial charge in [0.2, 0.25) is 5.91 Å². The van der Waals surface area contributed by atoms with Crippen LogP contribution in [-0.4, -0.2) is 84.2 Å². The van der Waals surface area contributed by atoms with Gasteiger partial charge in [-0.1, -0.05) is 20.8 Å². The first kappa shape index (κ1) is 29.3. The monoisotopic (exact) mass is 536 g/mol. The summed E-state index contributed by atoms with van der Waals surface area (Å²) in [6.07, 6.45) is 10.3. The first-order chi connectivity index (χ1) is 18.9. The van der Waals surface area contributed by atoms with Crippen molar-refractivity contribution >= 4 is 17.3 Å². The van der Waals surface area contributed by atoms with Gasteiger partial charge in [0.15, 0.2) is 0 Å². The van der Waals surface area contributed by atoms with E-state index in [1.54, 1.807) is 7.11 Å². The zero-order valence-corrected chi connectivity index (χ0v) is 24.4. The number of likely N-dealkylation sites (tertiary alicyclic amines) is 2. The van der Waals surface area contributed by atoms with E-state index in [0.29, 0.717) is 18.5 Å². The van der Waals surface area contributed by atoms with Gasteiger partial charge < -0.3 is 25.2 Å². The lowest BCUT2D eigenvalue weighted by Crippen LogP contribution is -2.42. The third-order valence-electron chi connectivity index (χ3n) is 8.38. The van der Waals surface area contributed by atoms with Gasteiger partial charge in [0.25, 0.3) is 0 Å². The molecule has 8 nitrogen and oxygen atoms in total. The summed E-state index contributed by atoms with van der Waals surface area (Å²) in [7, 11) is 1.76. The molecule has 0 radical (unpaired) electrons. The van der Waals surface area contributed by atoms with E-state index in [4.69, 9.17) is 9.72 Å². The Bertz CT molecular complexity index is 1040. The molecule has 2 aliphatic rings. The van der Waals surface area contributed by atoms with E-state index in [0.717, 1.165) is 101 Å². The van der Waals surface area contributed by atoms with Crippen LogP contribution in [0.5, 0.6) is 0 Å². The van der Waals surface area contributed by atoms with Gasteiger partial charge in [-0.2, -0.15) is 0 Å². The number of hydrogen-bond donors (Lipinski definition) is 2. The second-order valence-corrected chi connectivity index (χ2v) is 11.8. The molecule has 0 atom stereocenters. The van der Waals surface area contributed by atoms with Gasteiger partial charge in [-0.15, -0.1) is 0 Å². The lowest BCUT2D eigenvalue weighted by molar-refractivity contribution is -0.132. The quantitative estimate of drug-likeness (QED) is 0.406. The van der Waals surface area contributed by atoms with Gasteiger partial charge in [0, 0.05) is 98.9 Å². The number of methoxy groups -OCH3 is 1. The normalized spacial score (nSPS) is 17.8. The van der Waals surface area contributed by atoms with Crippen LogP contribution in [0.4, 0.5) is 11.4 Å². The van der Waals surface area contributed by atoms with Crippen LogP contribution in [0.15, 0.2) is 36.7 Å². The molecule has 2 N–H and O–H groups in total. The maximum atomic E-state index is 13.1. The molecular weight excluding hydrogens is 488 g/mol. The molecule has 2 aromatic heterocycles. The van der Waals surface area contributed by atoms with Gasteiger partial charge in [0.05, 0.1) is 6.61 Å². The van der Waals surface area contributed by atoms with Crippen molar-refractivity contribution in [2.24, 2.45) is 0 Å². The average molecular weight is 537 g/mol. The number of nitrogens with one attached hydrogen (secondary N) is 2. The van der Waals surface area contributed by atoms with E-state index >= 15 is 0 Å². The molecule has 0 aliphatic carbocycles. The van der Waals surface area contributed by atoms with E-state index in [2.05, 4.69) is 59.5 Å². The molecule has 8 heteroatoms. The third-order valence-corrected chi connectivity index (χ3v) is 8.38. The highest BCUT2D eigenvalue weighted by Crippen LogP contribution is 2.30. The Morgan fingerprint density at radius 3 is 2.23 bits per heavy atom. The van der Waals surface area contributed by atoms with Crippen molar-refractivity contribution in [3.8, 4) is 0 Å². The van der Waals surface area contributed by atoms with E-state index in [-0.39, 0.29) is 11.3 Å². The molecule has 2 fully saturated rings. The van der Waals surface area contributed by atoms with Gasteiger partial charge in [0.1, 0.15) is 0 Å². The second-order valence-electron chi connectivity index (χ2n) is 11.8. The number of nitrogens with zero attached hydrogens (tertiary/aromatic N) is 4. The number of carbonyl (C=O) groups excluding carboxylic acids is 1. The lowest BCUT2D eigenvalue weighted by Gasteiger charge is -2.34. The Hall–Kier alpha value is -2.71. The van der Waals surface area contributed by atoms with Gasteiger partial charge in [-0.25, -0.2) is 0 Å². The summed E-state index contributed by atoms with van der Waals surface area (Å²) in [4.78, 5) is 26.7. The van der Waals surface area contributed by atoms with Crippen LogP contribution >= 0.6 is 0 Å². The molecule has 0 spiro atoms. The number of amides is 1.